The van der Waals surface area contributed by atoms with Crippen LogP contribution in [0.3, 0.4) is 0 Å². The predicted molar refractivity (Wildman–Crippen MR) is 33.6 cm³/mol. The summed E-state index contributed by atoms with van der Waals surface area (Å²) >= 11 is 0. The first kappa shape index (κ1) is 25.0. The summed E-state index contributed by atoms with van der Waals surface area (Å²) in [7, 11) is 0. The molecular formula is C4F6Mg2O4+2. The van der Waals surface area contributed by atoms with Crippen molar-refractivity contribution in [3.05, 3.63) is 0 Å². The van der Waals surface area contributed by atoms with Gasteiger partial charge >= 0.3 is 58.5 Å². The fourth-order valence-electron chi connectivity index (χ4n) is 0. The second-order valence-electron chi connectivity index (χ2n) is 1.57. The molecule has 0 unspecified atom stereocenters. The number of rotatable bonds is 0. The quantitative estimate of drug-likeness (QED) is 0.372. The Morgan fingerprint density at radius 1 is 0.688 bits per heavy atom. The third-order valence-corrected chi connectivity index (χ3v) is 0.463. The van der Waals surface area contributed by atoms with Crippen LogP contribution in [0, 0.1) is 0 Å². The molecule has 0 spiro atoms. The van der Waals surface area contributed by atoms with Gasteiger partial charge in [-0.05, 0) is 0 Å². The number of carboxylic acids is 2. The zero-order valence-electron chi connectivity index (χ0n) is 7.31. The topological polar surface area (TPSA) is 80.3 Å². The van der Waals surface area contributed by atoms with Crippen molar-refractivity contribution in [1.82, 2.24) is 0 Å². The maximum Gasteiger partial charge on any atom is 2.00 e. The number of carbonyl (C=O) groups excluding carboxylic acids is 2. The molecule has 0 atom stereocenters. The van der Waals surface area contributed by atoms with Gasteiger partial charge in [0.15, 0.2) is 0 Å². The Hall–Kier alpha value is 0.0525. The van der Waals surface area contributed by atoms with E-state index in [-0.39, 0.29) is 46.1 Å². The first-order valence-electron chi connectivity index (χ1n) is 2.45. The molecule has 0 saturated heterocycles. The van der Waals surface area contributed by atoms with Crippen LogP contribution in [0.15, 0.2) is 0 Å². The van der Waals surface area contributed by atoms with E-state index in [0.29, 0.717) is 0 Å². The minimum atomic E-state index is -5.19. The Bertz CT molecular complexity index is 200. The summed E-state index contributed by atoms with van der Waals surface area (Å²) < 4.78 is 63.1. The Kier molecular flexibility index (Phi) is 14.3. The number of carbonyl (C=O) groups is 2. The molecule has 4 nitrogen and oxygen atoms in total. The number of halogens is 6. The molecule has 0 aliphatic rings. The van der Waals surface area contributed by atoms with Crippen molar-refractivity contribution in [2.24, 2.45) is 0 Å². The standard InChI is InChI=1S/2C2HF3O2.2Mg/c2*3-2(4,5)1(6)7;;/h2*(H,6,7);;/q;;2*+2/p-2. The van der Waals surface area contributed by atoms with Crippen molar-refractivity contribution in [3.63, 3.8) is 0 Å². The summed E-state index contributed by atoms with van der Waals surface area (Å²) in [6.45, 7) is 0. The second kappa shape index (κ2) is 9.12. The molecule has 0 aromatic rings. The van der Waals surface area contributed by atoms with Crippen LogP contribution in [0.2, 0.25) is 0 Å². The molecule has 0 fully saturated rings. The molecule has 12 heteroatoms. The summed E-state index contributed by atoms with van der Waals surface area (Å²) in [5.74, 6) is -6.01. The minimum Gasteiger partial charge on any atom is -0.542 e. The van der Waals surface area contributed by atoms with Gasteiger partial charge in [-0.15, -0.1) is 0 Å². The fourth-order valence-corrected chi connectivity index (χ4v) is 0. The van der Waals surface area contributed by atoms with E-state index in [4.69, 9.17) is 19.8 Å². The smallest absolute Gasteiger partial charge is 0.542 e. The van der Waals surface area contributed by atoms with Crippen molar-refractivity contribution in [2.45, 2.75) is 12.4 Å². The number of hydrogen-bond donors (Lipinski definition) is 0. The largest absolute Gasteiger partial charge is 2.00 e. The molecular weight excluding hydrogens is 275 g/mol. The van der Waals surface area contributed by atoms with Gasteiger partial charge in [0.25, 0.3) is 0 Å². The Labute approximate surface area is 116 Å². The van der Waals surface area contributed by atoms with Crippen LogP contribution < -0.4 is 10.2 Å². The Morgan fingerprint density at radius 3 is 0.750 bits per heavy atom. The summed E-state index contributed by atoms with van der Waals surface area (Å²) in [6.07, 6.45) is -10.4. The zero-order valence-corrected chi connectivity index (χ0v) is 10.1. The van der Waals surface area contributed by atoms with E-state index in [0.717, 1.165) is 0 Å². The second-order valence-corrected chi connectivity index (χ2v) is 1.57. The van der Waals surface area contributed by atoms with Crippen molar-refractivity contribution in [2.75, 3.05) is 0 Å². The van der Waals surface area contributed by atoms with Crippen molar-refractivity contribution < 1.29 is 46.1 Å². The first-order valence-corrected chi connectivity index (χ1v) is 2.45. The van der Waals surface area contributed by atoms with E-state index in [1.165, 1.54) is 0 Å². The maximum atomic E-state index is 10.5. The van der Waals surface area contributed by atoms with Crippen LogP contribution in [-0.2, 0) is 9.59 Å². The normalized spacial score (nSPS) is 9.88. The minimum absolute atomic E-state index is 0. The molecule has 84 valence electrons. The van der Waals surface area contributed by atoms with Gasteiger partial charge in [0.2, 0.25) is 0 Å². The van der Waals surface area contributed by atoms with E-state index in [9.17, 15) is 26.3 Å². The SMILES string of the molecule is O=C([O-])C(F)(F)F.O=C([O-])C(F)(F)F.[Mg+2].[Mg+2]. The molecule has 0 amide bonds. The average molecular weight is 275 g/mol. The third kappa shape index (κ3) is 16.5. The Balaban J connectivity index is -0.0000000800. The molecule has 0 saturated carbocycles. The Morgan fingerprint density at radius 2 is 0.750 bits per heavy atom. The number of hydrogen-bond acceptors (Lipinski definition) is 4. The van der Waals surface area contributed by atoms with E-state index in [1.807, 2.05) is 0 Å². The molecule has 0 radical (unpaired) electrons. The molecule has 0 rings (SSSR count). The average Bonchev–Trinajstić information content (AvgIpc) is 1.83. The molecule has 0 N–H and O–H groups in total. The van der Waals surface area contributed by atoms with Gasteiger partial charge in [-0.3, -0.25) is 0 Å². The van der Waals surface area contributed by atoms with Gasteiger partial charge in [0.05, 0.1) is 0 Å². The van der Waals surface area contributed by atoms with Crippen molar-refractivity contribution >= 4 is 58.0 Å². The zero-order chi connectivity index (χ0) is 12.2. The van der Waals surface area contributed by atoms with Crippen molar-refractivity contribution in [1.29, 1.82) is 0 Å². The first-order chi connectivity index (χ1) is 5.89. The predicted octanol–water partition coefficient (Wildman–Crippen LogP) is -2.16. The molecule has 0 bridgehead atoms. The number of alkyl halides is 6. The molecule has 0 heterocycles. The van der Waals surface area contributed by atoms with E-state index < -0.39 is 24.3 Å². The number of aliphatic carboxylic acids is 2. The van der Waals surface area contributed by atoms with Crippen LogP contribution in [0.25, 0.3) is 0 Å². The van der Waals surface area contributed by atoms with E-state index in [1.54, 1.807) is 0 Å². The maximum absolute atomic E-state index is 10.5. The van der Waals surface area contributed by atoms with Crippen LogP contribution in [0.1, 0.15) is 0 Å². The molecule has 0 aromatic heterocycles. The fraction of sp³-hybridized carbons (Fsp3) is 0.500. The molecule has 16 heavy (non-hydrogen) atoms. The molecule has 0 aliphatic carbocycles. The van der Waals surface area contributed by atoms with Gasteiger partial charge in [-0.2, -0.15) is 26.3 Å². The van der Waals surface area contributed by atoms with Crippen LogP contribution in [-0.4, -0.2) is 70.4 Å². The van der Waals surface area contributed by atoms with E-state index >= 15 is 0 Å². The van der Waals surface area contributed by atoms with Gasteiger partial charge in [-0.1, -0.05) is 0 Å². The number of carboxylic acid groups (broad SMARTS) is 2. The monoisotopic (exact) mass is 274 g/mol. The molecule has 0 aliphatic heterocycles. The van der Waals surface area contributed by atoms with Gasteiger partial charge in [0, 0.05) is 0 Å². The van der Waals surface area contributed by atoms with Gasteiger partial charge in [0.1, 0.15) is 11.9 Å². The summed E-state index contributed by atoms with van der Waals surface area (Å²) in [4.78, 5) is 17.6. The summed E-state index contributed by atoms with van der Waals surface area (Å²) in [5, 5.41) is 17.6. The molecule has 0 aromatic carbocycles. The van der Waals surface area contributed by atoms with Crippen LogP contribution in [0.4, 0.5) is 26.3 Å². The third-order valence-electron chi connectivity index (χ3n) is 0.463. The van der Waals surface area contributed by atoms with Crippen molar-refractivity contribution in [3.8, 4) is 0 Å². The summed E-state index contributed by atoms with van der Waals surface area (Å²) in [6, 6.07) is 0. The van der Waals surface area contributed by atoms with Crippen LogP contribution in [0.5, 0.6) is 0 Å². The van der Waals surface area contributed by atoms with Crippen LogP contribution >= 0.6 is 0 Å². The van der Waals surface area contributed by atoms with Gasteiger partial charge in [-0.25, -0.2) is 0 Å². The van der Waals surface area contributed by atoms with E-state index in [2.05, 4.69) is 0 Å². The van der Waals surface area contributed by atoms with Gasteiger partial charge < -0.3 is 19.8 Å². The summed E-state index contributed by atoms with van der Waals surface area (Å²) in [5.41, 5.74) is 0.